The Morgan fingerprint density at radius 3 is 2.27 bits per heavy atom. The number of thiazole rings is 1. The zero-order chi connectivity index (χ0) is 31.9. The molecule has 0 radical (unpaired) electrons. The van der Waals surface area contributed by atoms with E-state index in [1.807, 2.05) is 6.92 Å². The molecule has 0 unspecified atom stereocenters. The summed E-state index contributed by atoms with van der Waals surface area (Å²) < 4.78 is 57.6. The van der Waals surface area contributed by atoms with Crippen molar-refractivity contribution in [3.05, 3.63) is 118 Å². The van der Waals surface area contributed by atoms with Gasteiger partial charge in [-0.1, -0.05) is 31.2 Å². The van der Waals surface area contributed by atoms with Crippen molar-refractivity contribution in [2.24, 2.45) is 0 Å². The van der Waals surface area contributed by atoms with E-state index in [0.717, 1.165) is 51.0 Å². The zero-order valence-electron chi connectivity index (χ0n) is 24.0. The molecule has 1 atom stereocenters. The Balaban J connectivity index is 1.32. The molecular weight excluding hydrogens is 596 g/mol. The molecule has 1 heterocycles. The summed E-state index contributed by atoms with van der Waals surface area (Å²) in [6.45, 7) is 4.09. The first-order valence-corrected chi connectivity index (χ1v) is 14.6. The van der Waals surface area contributed by atoms with E-state index in [2.05, 4.69) is 10.3 Å². The van der Waals surface area contributed by atoms with E-state index in [1.165, 1.54) is 29.5 Å². The maximum atomic E-state index is 13.2. The Hall–Kier alpha value is -4.51. The smallest absolute Gasteiger partial charge is 0.416 e. The SMILES string of the molecule is CCC(=CC(=O)c1ccc(C(F)(F)F)cc1)N[C@@H](Cc1ccc(OCCc2nc(-c3ccc(F)cc3)sc2C)cc1)C(=O)O. The summed E-state index contributed by atoms with van der Waals surface area (Å²) in [5.41, 5.74) is 2.03. The van der Waals surface area contributed by atoms with Crippen molar-refractivity contribution in [2.75, 3.05) is 6.61 Å². The molecule has 0 saturated carbocycles. The number of alkyl halides is 3. The number of aliphatic carboxylic acids is 1. The summed E-state index contributed by atoms with van der Waals surface area (Å²) in [7, 11) is 0. The lowest BCUT2D eigenvalue weighted by atomic mass is 10.0. The van der Waals surface area contributed by atoms with Gasteiger partial charge in [0.15, 0.2) is 5.78 Å². The first kappa shape index (κ1) is 32.4. The van der Waals surface area contributed by atoms with Crippen molar-refractivity contribution in [3.63, 3.8) is 0 Å². The Bertz CT molecular complexity index is 1610. The van der Waals surface area contributed by atoms with Crippen LogP contribution in [0, 0.1) is 12.7 Å². The number of halogens is 4. The van der Waals surface area contributed by atoms with Crippen LogP contribution in [-0.4, -0.2) is 34.5 Å². The standard InChI is InChI=1S/C33H30F4N2O4S/c1-3-26(19-30(40)22-6-10-24(11-7-22)33(35,36)37)38-29(32(41)42)18-21-4-14-27(15-5-21)43-17-16-28-20(2)44-31(39-28)23-8-12-25(34)13-9-23/h4-15,19,29,38H,3,16-18H2,1-2H3,(H,41,42)/t29-/m0/s1. The minimum atomic E-state index is -4.51. The molecule has 1 aromatic heterocycles. The molecule has 0 aliphatic heterocycles. The van der Waals surface area contributed by atoms with Crippen LogP contribution in [0.1, 0.15) is 45.4 Å². The maximum absolute atomic E-state index is 13.2. The monoisotopic (exact) mass is 626 g/mol. The van der Waals surface area contributed by atoms with Crippen LogP contribution in [0.15, 0.2) is 84.6 Å². The van der Waals surface area contributed by atoms with Crippen molar-refractivity contribution in [3.8, 4) is 16.3 Å². The van der Waals surface area contributed by atoms with Crippen LogP contribution in [0.25, 0.3) is 10.6 Å². The molecule has 4 aromatic rings. The molecule has 0 fully saturated rings. The van der Waals surface area contributed by atoms with Crippen molar-refractivity contribution in [2.45, 2.75) is 45.3 Å². The number of carbonyl (C=O) groups excluding carboxylic acids is 1. The average Bonchev–Trinajstić information content (AvgIpc) is 3.37. The molecule has 44 heavy (non-hydrogen) atoms. The second-order valence-corrected chi connectivity index (χ2v) is 11.2. The van der Waals surface area contributed by atoms with Gasteiger partial charge in [0.25, 0.3) is 0 Å². The molecule has 0 amide bonds. The van der Waals surface area contributed by atoms with Gasteiger partial charge in [0, 0.05) is 40.6 Å². The lowest BCUT2D eigenvalue weighted by molar-refractivity contribution is -0.139. The first-order valence-electron chi connectivity index (χ1n) is 13.8. The first-order chi connectivity index (χ1) is 20.9. The van der Waals surface area contributed by atoms with E-state index in [9.17, 15) is 32.3 Å². The highest BCUT2D eigenvalue weighted by molar-refractivity contribution is 7.15. The van der Waals surface area contributed by atoms with Gasteiger partial charge in [-0.2, -0.15) is 13.2 Å². The van der Waals surface area contributed by atoms with Crippen LogP contribution in [0.4, 0.5) is 17.6 Å². The summed E-state index contributed by atoms with van der Waals surface area (Å²) in [6, 6.07) is 16.0. The molecule has 11 heteroatoms. The van der Waals surface area contributed by atoms with Gasteiger partial charge in [-0.15, -0.1) is 11.3 Å². The maximum Gasteiger partial charge on any atom is 0.416 e. The fourth-order valence-corrected chi connectivity index (χ4v) is 5.30. The Morgan fingerprint density at radius 1 is 1.02 bits per heavy atom. The summed E-state index contributed by atoms with van der Waals surface area (Å²) in [6.07, 6.45) is -2.29. The van der Waals surface area contributed by atoms with Crippen molar-refractivity contribution in [1.29, 1.82) is 0 Å². The second kappa shape index (κ2) is 14.3. The number of allylic oxidation sites excluding steroid dienone is 2. The second-order valence-electron chi connectivity index (χ2n) is 9.97. The quantitative estimate of drug-likeness (QED) is 0.0900. The number of carboxylic acid groups (broad SMARTS) is 1. The number of nitrogens with one attached hydrogen (secondary N) is 1. The Kier molecular flexibility index (Phi) is 10.5. The molecule has 230 valence electrons. The van der Waals surface area contributed by atoms with Gasteiger partial charge in [-0.25, -0.2) is 14.2 Å². The van der Waals surface area contributed by atoms with Crippen LogP contribution in [-0.2, 0) is 23.8 Å². The van der Waals surface area contributed by atoms with Crippen LogP contribution in [0.5, 0.6) is 5.75 Å². The van der Waals surface area contributed by atoms with E-state index in [0.29, 0.717) is 30.9 Å². The summed E-state index contributed by atoms with van der Waals surface area (Å²) in [5, 5.41) is 13.5. The normalized spacial score (nSPS) is 12.5. The van der Waals surface area contributed by atoms with Gasteiger partial charge >= 0.3 is 12.1 Å². The minimum absolute atomic E-state index is 0.0615. The topological polar surface area (TPSA) is 88.5 Å². The van der Waals surface area contributed by atoms with Gasteiger partial charge in [-0.3, -0.25) is 4.79 Å². The number of benzene rings is 3. The van der Waals surface area contributed by atoms with Gasteiger partial charge in [-0.05, 0) is 67.4 Å². The molecule has 0 aliphatic carbocycles. The van der Waals surface area contributed by atoms with Crippen molar-refractivity contribution >= 4 is 23.1 Å². The number of hydrogen-bond donors (Lipinski definition) is 2. The van der Waals surface area contributed by atoms with Crippen molar-refractivity contribution in [1.82, 2.24) is 10.3 Å². The highest BCUT2D eigenvalue weighted by atomic mass is 32.1. The number of hydrogen-bond acceptors (Lipinski definition) is 6. The predicted molar refractivity (Wildman–Crippen MR) is 160 cm³/mol. The molecule has 0 saturated heterocycles. The van der Waals surface area contributed by atoms with Gasteiger partial charge < -0.3 is 15.2 Å². The Morgan fingerprint density at radius 2 is 1.68 bits per heavy atom. The number of aromatic nitrogens is 1. The molecule has 0 aliphatic rings. The van der Waals surface area contributed by atoms with E-state index in [4.69, 9.17) is 4.74 Å². The van der Waals surface area contributed by atoms with Crippen LogP contribution >= 0.6 is 11.3 Å². The summed E-state index contributed by atoms with van der Waals surface area (Å²) >= 11 is 1.54. The molecule has 2 N–H and O–H groups in total. The lowest BCUT2D eigenvalue weighted by Crippen LogP contribution is -2.38. The number of rotatable bonds is 13. The molecule has 0 spiro atoms. The van der Waals surface area contributed by atoms with Gasteiger partial charge in [0.2, 0.25) is 0 Å². The summed E-state index contributed by atoms with van der Waals surface area (Å²) in [5.74, 6) is -1.35. The molecular formula is C33H30F4N2O4S. The zero-order valence-corrected chi connectivity index (χ0v) is 24.8. The van der Waals surface area contributed by atoms with Crippen LogP contribution in [0.3, 0.4) is 0 Å². The van der Waals surface area contributed by atoms with E-state index < -0.39 is 29.5 Å². The lowest BCUT2D eigenvalue weighted by Gasteiger charge is -2.18. The third-order valence-corrected chi connectivity index (χ3v) is 7.86. The number of carbonyl (C=O) groups is 2. The van der Waals surface area contributed by atoms with Crippen LogP contribution in [0.2, 0.25) is 0 Å². The number of nitrogens with zero attached hydrogens (tertiary/aromatic N) is 1. The fraction of sp³-hybridized carbons (Fsp3) is 0.242. The highest BCUT2D eigenvalue weighted by Crippen LogP contribution is 2.30. The molecule has 3 aromatic carbocycles. The molecule has 4 rings (SSSR count). The van der Waals surface area contributed by atoms with E-state index in [-0.39, 0.29) is 17.8 Å². The fourth-order valence-electron chi connectivity index (χ4n) is 4.33. The van der Waals surface area contributed by atoms with Gasteiger partial charge in [0.1, 0.15) is 22.6 Å². The predicted octanol–water partition coefficient (Wildman–Crippen LogP) is 7.66. The average molecular weight is 627 g/mol. The molecule has 0 bridgehead atoms. The number of aryl methyl sites for hydroxylation is 1. The molecule has 6 nitrogen and oxygen atoms in total. The van der Waals surface area contributed by atoms with E-state index in [1.54, 1.807) is 43.3 Å². The number of ketones is 1. The third-order valence-electron chi connectivity index (χ3n) is 6.80. The third kappa shape index (κ3) is 8.76. The Labute approximate surface area is 256 Å². The van der Waals surface area contributed by atoms with E-state index >= 15 is 0 Å². The van der Waals surface area contributed by atoms with Gasteiger partial charge in [0.05, 0.1) is 17.9 Å². The highest BCUT2D eigenvalue weighted by Gasteiger charge is 2.30. The minimum Gasteiger partial charge on any atom is -0.493 e. The number of ether oxygens (including phenoxy) is 1. The number of carboxylic acids is 1. The summed E-state index contributed by atoms with van der Waals surface area (Å²) in [4.78, 5) is 30.3. The van der Waals surface area contributed by atoms with Crippen molar-refractivity contribution < 1.29 is 37.0 Å². The largest absolute Gasteiger partial charge is 0.493 e. The van der Waals surface area contributed by atoms with Crippen LogP contribution < -0.4 is 10.1 Å².